The third-order valence-electron chi connectivity index (χ3n) is 4.08. The number of pyridine rings is 1. The summed E-state index contributed by atoms with van der Waals surface area (Å²) in [4.78, 5) is 16.8. The molecule has 0 aliphatic rings. The molecule has 0 aliphatic carbocycles. The Morgan fingerprint density at radius 2 is 1.88 bits per heavy atom. The number of carbonyl (C=O) groups is 1. The second-order valence-corrected chi connectivity index (χ2v) is 6.84. The van der Waals surface area contributed by atoms with E-state index in [4.69, 9.17) is 0 Å². The lowest BCUT2D eigenvalue weighted by molar-refractivity contribution is 0.102. The van der Waals surface area contributed by atoms with E-state index in [1.54, 1.807) is 12.3 Å². The van der Waals surface area contributed by atoms with Crippen LogP contribution in [0.25, 0.3) is 5.69 Å². The molecule has 0 spiro atoms. The Bertz CT molecular complexity index is 962. The normalized spacial score (nSPS) is 10.8. The number of anilines is 1. The van der Waals surface area contributed by atoms with Gasteiger partial charge in [-0.2, -0.15) is 5.10 Å². The first-order valence-electron chi connectivity index (χ1n) is 7.93. The van der Waals surface area contributed by atoms with Gasteiger partial charge in [0, 0.05) is 5.69 Å². The summed E-state index contributed by atoms with van der Waals surface area (Å²) < 4.78 is 2.38. The molecule has 1 aromatic carbocycles. The maximum absolute atomic E-state index is 12.5. The maximum Gasteiger partial charge on any atom is 0.258 e. The highest BCUT2D eigenvalue weighted by Crippen LogP contribution is 2.23. The van der Waals surface area contributed by atoms with Gasteiger partial charge in [0.1, 0.15) is 4.60 Å². The number of hydrogen-bond acceptors (Lipinski definition) is 3. The molecule has 3 rings (SSSR count). The fourth-order valence-electron chi connectivity index (χ4n) is 2.61. The topological polar surface area (TPSA) is 59.8 Å². The van der Waals surface area contributed by atoms with Crippen molar-refractivity contribution in [2.45, 2.75) is 27.7 Å². The minimum absolute atomic E-state index is 0.219. The first kappa shape index (κ1) is 17.4. The zero-order valence-electron chi connectivity index (χ0n) is 14.6. The number of nitrogens with zero attached hydrogens (tertiary/aromatic N) is 3. The van der Waals surface area contributed by atoms with Crippen LogP contribution in [0.5, 0.6) is 0 Å². The van der Waals surface area contributed by atoms with Crippen molar-refractivity contribution < 1.29 is 4.79 Å². The Kier molecular flexibility index (Phi) is 4.72. The van der Waals surface area contributed by atoms with Crippen molar-refractivity contribution in [1.82, 2.24) is 14.8 Å². The molecule has 0 saturated carbocycles. The van der Waals surface area contributed by atoms with Crippen LogP contribution < -0.4 is 5.32 Å². The summed E-state index contributed by atoms with van der Waals surface area (Å²) >= 11 is 3.35. The lowest BCUT2D eigenvalue weighted by Gasteiger charge is -2.10. The summed E-state index contributed by atoms with van der Waals surface area (Å²) in [5.74, 6) is -0.219. The number of benzene rings is 1. The first-order valence-corrected chi connectivity index (χ1v) is 8.73. The summed E-state index contributed by atoms with van der Waals surface area (Å²) in [7, 11) is 0. The average Bonchev–Trinajstić information content (AvgIpc) is 2.90. The van der Waals surface area contributed by atoms with Crippen molar-refractivity contribution in [2.75, 3.05) is 5.32 Å². The Balaban J connectivity index is 1.91. The summed E-state index contributed by atoms with van der Waals surface area (Å²) in [6, 6.07) is 9.79. The van der Waals surface area contributed by atoms with Crippen molar-refractivity contribution in [1.29, 1.82) is 0 Å². The van der Waals surface area contributed by atoms with Gasteiger partial charge in [0.15, 0.2) is 0 Å². The summed E-state index contributed by atoms with van der Waals surface area (Å²) in [6.07, 6.45) is 1.67. The molecule has 0 aliphatic heterocycles. The van der Waals surface area contributed by atoms with E-state index in [1.807, 2.05) is 38.4 Å². The van der Waals surface area contributed by atoms with Crippen LogP contribution in [-0.4, -0.2) is 20.7 Å². The van der Waals surface area contributed by atoms with E-state index >= 15 is 0 Å². The fraction of sp³-hybridized carbons (Fsp3) is 0.211. The highest BCUT2D eigenvalue weighted by Gasteiger charge is 2.16. The lowest BCUT2D eigenvalue weighted by Crippen LogP contribution is -2.14. The van der Waals surface area contributed by atoms with E-state index in [1.165, 1.54) is 0 Å². The highest BCUT2D eigenvalue weighted by atomic mass is 79.9. The van der Waals surface area contributed by atoms with Gasteiger partial charge in [0.05, 0.1) is 28.8 Å². The second kappa shape index (κ2) is 6.80. The van der Waals surface area contributed by atoms with Crippen LogP contribution in [0, 0.1) is 27.7 Å². The fourth-order valence-corrected chi connectivity index (χ4v) is 3.20. The van der Waals surface area contributed by atoms with E-state index < -0.39 is 0 Å². The third-order valence-corrected chi connectivity index (χ3v) is 4.69. The minimum Gasteiger partial charge on any atom is -0.319 e. The van der Waals surface area contributed by atoms with E-state index in [9.17, 15) is 4.79 Å². The Labute approximate surface area is 155 Å². The number of amides is 1. The quantitative estimate of drug-likeness (QED) is 0.659. The van der Waals surface area contributed by atoms with Gasteiger partial charge >= 0.3 is 0 Å². The van der Waals surface area contributed by atoms with Gasteiger partial charge in [-0.25, -0.2) is 9.67 Å². The molecule has 0 unspecified atom stereocenters. The van der Waals surface area contributed by atoms with E-state index in [0.717, 1.165) is 28.2 Å². The number of nitrogens with one attached hydrogen (secondary N) is 1. The van der Waals surface area contributed by atoms with E-state index in [2.05, 4.69) is 49.5 Å². The van der Waals surface area contributed by atoms with Gasteiger partial charge in [-0.3, -0.25) is 4.79 Å². The highest BCUT2D eigenvalue weighted by molar-refractivity contribution is 9.10. The van der Waals surface area contributed by atoms with Crippen molar-refractivity contribution in [2.24, 2.45) is 0 Å². The molecule has 3 aromatic rings. The van der Waals surface area contributed by atoms with E-state index in [0.29, 0.717) is 15.9 Å². The van der Waals surface area contributed by atoms with Crippen molar-refractivity contribution in [3.05, 3.63) is 69.2 Å². The van der Waals surface area contributed by atoms with Gasteiger partial charge in [-0.15, -0.1) is 0 Å². The Morgan fingerprint density at radius 1 is 1.12 bits per heavy atom. The van der Waals surface area contributed by atoms with Gasteiger partial charge < -0.3 is 5.32 Å². The third kappa shape index (κ3) is 3.49. The van der Waals surface area contributed by atoms with Crippen LogP contribution >= 0.6 is 15.9 Å². The predicted octanol–water partition coefficient (Wildman–Crippen LogP) is 4.52. The molecule has 0 saturated heterocycles. The Hall–Kier alpha value is -2.47. The lowest BCUT2D eigenvalue weighted by atomic mass is 10.1. The number of carbonyl (C=O) groups excluding carboxylic acids is 1. The zero-order chi connectivity index (χ0) is 18.1. The van der Waals surface area contributed by atoms with Crippen LogP contribution in [0.3, 0.4) is 0 Å². The predicted molar refractivity (Wildman–Crippen MR) is 102 cm³/mol. The molecule has 0 fully saturated rings. The smallest absolute Gasteiger partial charge is 0.258 e. The van der Waals surface area contributed by atoms with Crippen LogP contribution in [-0.2, 0) is 0 Å². The van der Waals surface area contributed by atoms with Crippen LogP contribution in [0.1, 0.15) is 32.9 Å². The molecule has 25 heavy (non-hydrogen) atoms. The van der Waals surface area contributed by atoms with Crippen molar-refractivity contribution in [3.63, 3.8) is 0 Å². The van der Waals surface area contributed by atoms with Crippen molar-refractivity contribution >= 4 is 27.5 Å². The van der Waals surface area contributed by atoms with Crippen molar-refractivity contribution in [3.8, 4) is 5.69 Å². The molecule has 1 amide bonds. The largest absolute Gasteiger partial charge is 0.319 e. The number of aromatic nitrogens is 3. The van der Waals surface area contributed by atoms with Crippen LogP contribution in [0.15, 0.2) is 41.1 Å². The minimum atomic E-state index is -0.219. The van der Waals surface area contributed by atoms with Gasteiger partial charge in [0.25, 0.3) is 5.91 Å². The van der Waals surface area contributed by atoms with Gasteiger partial charge in [-0.1, -0.05) is 12.1 Å². The number of rotatable bonds is 3. The number of hydrogen-bond donors (Lipinski definition) is 1. The van der Waals surface area contributed by atoms with E-state index in [-0.39, 0.29) is 5.91 Å². The van der Waals surface area contributed by atoms with Crippen LogP contribution in [0.4, 0.5) is 5.69 Å². The molecule has 0 bridgehead atoms. The molecular weight excluding hydrogens is 380 g/mol. The molecular formula is C19H19BrN4O. The number of halogens is 1. The molecule has 2 heterocycles. The molecule has 0 radical (unpaired) electrons. The molecule has 5 nitrogen and oxygen atoms in total. The SMILES string of the molecule is Cc1ccc(C)c(-n2ncc(NC(=O)c3ccc(C)nc3Br)c2C)c1. The first-order chi connectivity index (χ1) is 11.9. The maximum atomic E-state index is 12.5. The Morgan fingerprint density at radius 3 is 2.60 bits per heavy atom. The van der Waals surface area contributed by atoms with Gasteiger partial charge in [-0.05, 0) is 73.0 Å². The molecule has 128 valence electrons. The summed E-state index contributed by atoms with van der Waals surface area (Å²) in [5.41, 5.74) is 6.19. The molecule has 1 N–H and O–H groups in total. The molecule has 6 heteroatoms. The van der Waals surface area contributed by atoms with Crippen LogP contribution in [0.2, 0.25) is 0 Å². The number of aryl methyl sites for hydroxylation is 3. The monoisotopic (exact) mass is 398 g/mol. The van der Waals surface area contributed by atoms with Gasteiger partial charge in [0.2, 0.25) is 0 Å². The molecule has 2 aromatic heterocycles. The summed E-state index contributed by atoms with van der Waals surface area (Å²) in [6.45, 7) is 7.91. The zero-order valence-corrected chi connectivity index (χ0v) is 16.2. The average molecular weight is 399 g/mol. The second-order valence-electron chi connectivity index (χ2n) is 6.09. The summed E-state index contributed by atoms with van der Waals surface area (Å²) in [5, 5.41) is 7.36. The standard InChI is InChI=1S/C19H19BrN4O/c1-11-5-6-12(2)17(9-11)24-14(4)16(10-21-24)23-19(25)15-8-7-13(3)22-18(15)20/h5-10H,1-4H3,(H,23,25). The molecule has 0 atom stereocenters.